The third kappa shape index (κ3) is 3.19. The molecule has 6 nitrogen and oxygen atoms in total. The summed E-state index contributed by atoms with van der Waals surface area (Å²) < 4.78 is 10.0. The summed E-state index contributed by atoms with van der Waals surface area (Å²) in [5.74, 6) is -1.48. The monoisotopic (exact) mass is 340 g/mol. The van der Waals surface area contributed by atoms with Crippen molar-refractivity contribution in [2.45, 2.75) is 12.3 Å². The average Bonchev–Trinajstić information content (AvgIpc) is 2.61. The van der Waals surface area contributed by atoms with E-state index in [1.165, 1.54) is 19.2 Å². The molecular weight excluding hydrogens is 324 g/mol. The largest absolute Gasteiger partial charge is 0.508 e. The molecule has 3 rings (SSSR count). The number of fused-ring (bicyclic) bond motifs is 1. The van der Waals surface area contributed by atoms with Gasteiger partial charge < -0.3 is 19.4 Å². The fourth-order valence-electron chi connectivity index (χ4n) is 2.80. The van der Waals surface area contributed by atoms with Gasteiger partial charge in [0.1, 0.15) is 17.1 Å². The van der Waals surface area contributed by atoms with Crippen LogP contribution in [0.4, 0.5) is 0 Å². The summed E-state index contributed by atoms with van der Waals surface area (Å²) in [5.41, 5.74) is 0.0883. The van der Waals surface area contributed by atoms with Gasteiger partial charge in [-0.15, -0.1) is 0 Å². The van der Waals surface area contributed by atoms with E-state index in [1.54, 1.807) is 36.4 Å². The molecule has 0 fully saturated rings. The number of rotatable bonds is 4. The molecule has 3 aromatic rings. The summed E-state index contributed by atoms with van der Waals surface area (Å²) in [6, 6.07) is 12.7. The summed E-state index contributed by atoms with van der Waals surface area (Å²) in [6.45, 7) is 0. The third-order valence-electron chi connectivity index (χ3n) is 4.06. The highest BCUT2D eigenvalue weighted by molar-refractivity contribution is 5.84. The van der Waals surface area contributed by atoms with Crippen molar-refractivity contribution in [2.75, 3.05) is 7.11 Å². The minimum absolute atomic E-state index is 0.0187. The lowest BCUT2D eigenvalue weighted by atomic mass is 9.88. The molecule has 0 saturated carbocycles. The van der Waals surface area contributed by atoms with Gasteiger partial charge in [-0.05, 0) is 29.8 Å². The van der Waals surface area contributed by atoms with E-state index < -0.39 is 17.5 Å². The molecule has 0 aliphatic carbocycles. The number of ether oxygens (including phenoxy) is 1. The first kappa shape index (κ1) is 16.6. The molecule has 25 heavy (non-hydrogen) atoms. The number of phenolic OH excluding ortho intramolecular Hbond substituents is 1. The number of aromatic hydroxyl groups is 2. The highest BCUT2D eigenvalue weighted by Crippen LogP contribution is 2.36. The van der Waals surface area contributed by atoms with Gasteiger partial charge in [-0.2, -0.15) is 0 Å². The standard InChI is InChI=1S/C19H16O6/c1-24-16(21)10-14(11-6-8-12(20)9-7-11)17-18(22)13-4-2-3-5-15(13)25-19(17)23/h2-9,14,20,22H,10H2,1H3/t14-/m0/s1. The zero-order valence-electron chi connectivity index (χ0n) is 13.4. The number of para-hydroxylation sites is 1. The van der Waals surface area contributed by atoms with E-state index >= 15 is 0 Å². The Kier molecular flexibility index (Phi) is 4.43. The summed E-state index contributed by atoms with van der Waals surface area (Å²) in [5, 5.41) is 20.5. The van der Waals surface area contributed by atoms with Gasteiger partial charge in [0.2, 0.25) is 0 Å². The van der Waals surface area contributed by atoms with Crippen LogP contribution in [0.3, 0.4) is 0 Å². The predicted molar refractivity (Wildman–Crippen MR) is 90.7 cm³/mol. The Bertz CT molecular complexity index is 971. The Hall–Kier alpha value is -3.28. The maximum absolute atomic E-state index is 12.5. The normalized spacial score (nSPS) is 12.0. The van der Waals surface area contributed by atoms with Crippen LogP contribution >= 0.6 is 0 Å². The second-order valence-corrected chi connectivity index (χ2v) is 5.57. The quantitative estimate of drug-likeness (QED) is 0.560. The van der Waals surface area contributed by atoms with Crippen molar-refractivity contribution in [1.82, 2.24) is 0 Å². The molecule has 0 unspecified atom stereocenters. The summed E-state index contributed by atoms with van der Waals surface area (Å²) in [6.07, 6.45) is -0.155. The topological polar surface area (TPSA) is 97.0 Å². The fraction of sp³-hybridized carbons (Fsp3) is 0.158. The molecule has 0 radical (unpaired) electrons. The van der Waals surface area contributed by atoms with Crippen LogP contribution in [-0.4, -0.2) is 23.3 Å². The van der Waals surface area contributed by atoms with Gasteiger partial charge >= 0.3 is 11.6 Å². The van der Waals surface area contributed by atoms with E-state index in [2.05, 4.69) is 0 Å². The number of phenols is 1. The highest BCUT2D eigenvalue weighted by Gasteiger charge is 2.27. The van der Waals surface area contributed by atoms with Crippen LogP contribution < -0.4 is 5.63 Å². The summed E-state index contributed by atoms with van der Waals surface area (Å²) in [4.78, 5) is 24.3. The van der Waals surface area contributed by atoms with Crippen LogP contribution in [0.2, 0.25) is 0 Å². The number of esters is 1. The summed E-state index contributed by atoms with van der Waals surface area (Å²) in [7, 11) is 1.25. The SMILES string of the molecule is COC(=O)C[C@@H](c1ccc(O)cc1)c1c(O)c2ccccc2oc1=O. The van der Waals surface area contributed by atoms with Crippen molar-refractivity contribution in [2.24, 2.45) is 0 Å². The predicted octanol–water partition coefficient (Wildman–Crippen LogP) is 2.90. The molecular formula is C19H16O6. The van der Waals surface area contributed by atoms with Crippen LogP contribution in [0.5, 0.6) is 11.5 Å². The van der Waals surface area contributed by atoms with Crippen molar-refractivity contribution in [3.05, 3.63) is 70.1 Å². The highest BCUT2D eigenvalue weighted by atomic mass is 16.5. The van der Waals surface area contributed by atoms with Crippen LogP contribution in [0.25, 0.3) is 11.0 Å². The van der Waals surface area contributed by atoms with Crippen LogP contribution in [-0.2, 0) is 9.53 Å². The molecule has 2 N–H and O–H groups in total. The Balaban J connectivity index is 2.22. The molecule has 0 saturated heterocycles. The van der Waals surface area contributed by atoms with Crippen molar-refractivity contribution in [3.63, 3.8) is 0 Å². The zero-order valence-corrected chi connectivity index (χ0v) is 13.4. The number of benzene rings is 2. The Morgan fingerprint density at radius 3 is 2.48 bits per heavy atom. The zero-order chi connectivity index (χ0) is 18.0. The van der Waals surface area contributed by atoms with Crippen molar-refractivity contribution >= 4 is 16.9 Å². The van der Waals surface area contributed by atoms with E-state index in [4.69, 9.17) is 9.15 Å². The molecule has 0 aliphatic rings. The van der Waals surface area contributed by atoms with Gasteiger partial charge in [0.25, 0.3) is 0 Å². The maximum atomic E-state index is 12.5. The van der Waals surface area contributed by atoms with Gasteiger partial charge in [-0.3, -0.25) is 4.79 Å². The minimum Gasteiger partial charge on any atom is -0.508 e. The van der Waals surface area contributed by atoms with Crippen LogP contribution in [0.15, 0.2) is 57.7 Å². The van der Waals surface area contributed by atoms with Gasteiger partial charge in [0, 0.05) is 5.92 Å². The van der Waals surface area contributed by atoms with Crippen LogP contribution in [0, 0.1) is 0 Å². The van der Waals surface area contributed by atoms with Gasteiger partial charge in [-0.25, -0.2) is 4.79 Å². The lowest BCUT2D eigenvalue weighted by Crippen LogP contribution is -2.18. The molecule has 2 aromatic carbocycles. The number of carbonyl (C=O) groups excluding carboxylic acids is 1. The number of methoxy groups -OCH3 is 1. The third-order valence-corrected chi connectivity index (χ3v) is 4.06. The van der Waals surface area contributed by atoms with E-state index in [9.17, 15) is 19.8 Å². The number of hydrogen-bond donors (Lipinski definition) is 2. The molecule has 0 bridgehead atoms. The fourth-order valence-corrected chi connectivity index (χ4v) is 2.80. The molecule has 0 aliphatic heterocycles. The van der Waals surface area contributed by atoms with E-state index in [0.717, 1.165) is 0 Å². The smallest absolute Gasteiger partial charge is 0.343 e. The van der Waals surface area contributed by atoms with Crippen LogP contribution in [0.1, 0.15) is 23.5 Å². The molecule has 128 valence electrons. The lowest BCUT2D eigenvalue weighted by Gasteiger charge is -2.17. The molecule has 1 heterocycles. The Morgan fingerprint density at radius 2 is 1.80 bits per heavy atom. The first-order valence-electron chi connectivity index (χ1n) is 7.61. The minimum atomic E-state index is -0.770. The van der Waals surface area contributed by atoms with Crippen molar-refractivity contribution in [3.8, 4) is 11.5 Å². The average molecular weight is 340 g/mol. The molecule has 1 atom stereocenters. The Morgan fingerprint density at radius 1 is 1.12 bits per heavy atom. The first-order chi connectivity index (χ1) is 12.0. The maximum Gasteiger partial charge on any atom is 0.343 e. The number of carbonyl (C=O) groups is 1. The first-order valence-corrected chi connectivity index (χ1v) is 7.61. The number of hydrogen-bond acceptors (Lipinski definition) is 6. The van der Waals surface area contributed by atoms with Crippen molar-refractivity contribution < 1.29 is 24.2 Å². The Labute approximate surface area is 142 Å². The van der Waals surface area contributed by atoms with E-state index in [0.29, 0.717) is 10.9 Å². The second kappa shape index (κ2) is 6.68. The molecule has 0 spiro atoms. The molecule has 0 amide bonds. The van der Waals surface area contributed by atoms with Crippen molar-refractivity contribution in [1.29, 1.82) is 0 Å². The molecule has 1 aromatic heterocycles. The summed E-state index contributed by atoms with van der Waals surface area (Å²) >= 11 is 0. The van der Waals surface area contributed by atoms with Gasteiger partial charge in [-0.1, -0.05) is 24.3 Å². The van der Waals surface area contributed by atoms with E-state index in [-0.39, 0.29) is 29.1 Å². The second-order valence-electron chi connectivity index (χ2n) is 5.57. The molecule has 6 heteroatoms. The van der Waals surface area contributed by atoms with Gasteiger partial charge in [0.15, 0.2) is 0 Å². The lowest BCUT2D eigenvalue weighted by molar-refractivity contribution is -0.140. The van der Waals surface area contributed by atoms with E-state index in [1.807, 2.05) is 0 Å². The van der Waals surface area contributed by atoms with Gasteiger partial charge in [0.05, 0.1) is 24.5 Å².